The molecule has 0 spiro atoms. The average Bonchev–Trinajstić information content (AvgIpc) is 1.14. The van der Waals surface area contributed by atoms with Crippen molar-refractivity contribution in [2.45, 2.75) is 0 Å². The molecule has 0 saturated heterocycles. The van der Waals surface area contributed by atoms with Crippen molar-refractivity contribution in [3.63, 3.8) is 0 Å². The maximum absolute atomic E-state index is 11.0. The van der Waals surface area contributed by atoms with Gasteiger partial charge < -0.3 is 13.7 Å². The van der Waals surface area contributed by atoms with Crippen molar-refractivity contribution in [2.75, 3.05) is 0 Å². The van der Waals surface area contributed by atoms with Gasteiger partial charge >= 0.3 is 0 Å². The number of aromatic nitrogens is 3. The van der Waals surface area contributed by atoms with E-state index in [1.54, 1.807) is 0 Å². The zero-order valence-electron chi connectivity index (χ0n) is 85.9. The van der Waals surface area contributed by atoms with Crippen LogP contribution in [-0.4, -0.2) is 21.8 Å². The number of fused-ring (bicyclic) bond motifs is 9. The van der Waals surface area contributed by atoms with Crippen molar-refractivity contribution in [1.82, 2.24) is 13.7 Å². The third-order valence-corrected chi connectivity index (χ3v) is 16.5. The predicted octanol–water partition coefficient (Wildman–Crippen LogP) is 15.7. The molecule has 4 heteroatoms. The molecule has 0 radical (unpaired) electrons. The van der Waals surface area contributed by atoms with Crippen LogP contribution in [0, 0.1) is 0 Å². The van der Waals surface area contributed by atoms with Crippen LogP contribution >= 0.6 is 0 Å². The van der Waals surface area contributed by atoms with Gasteiger partial charge in [0.25, 0.3) is 0 Å². The fourth-order valence-electron chi connectivity index (χ4n) is 9.36. The van der Waals surface area contributed by atoms with Gasteiger partial charge in [-0.2, -0.15) is 0 Å². The molecule has 0 fully saturated rings. The highest BCUT2D eigenvalue weighted by Gasteiger charge is 2.42. The summed E-state index contributed by atoms with van der Waals surface area (Å²) in [5.74, 6) is 0. The Bertz CT molecular complexity index is 7410. The van der Waals surface area contributed by atoms with Crippen molar-refractivity contribution in [2.24, 2.45) is 0 Å². The van der Waals surface area contributed by atoms with Crippen LogP contribution in [0.5, 0.6) is 0 Å². The highest BCUT2D eigenvalue weighted by Crippen LogP contribution is 2.41. The largest absolute Gasteiger partial charge is 0.309 e. The maximum atomic E-state index is 11.0. The van der Waals surface area contributed by atoms with Crippen molar-refractivity contribution < 1.29 is 65.8 Å². The average molecular weight is 1030 g/mol. The first-order valence-electron chi connectivity index (χ1n) is 46.3. The molecule has 15 rings (SSSR count). The number of para-hydroxylation sites is 5. The molecule has 0 aliphatic rings. The molecule has 0 N–H and O–H groups in total. The van der Waals surface area contributed by atoms with E-state index in [1.165, 1.54) is 0 Å². The number of hydrogen-bond donors (Lipinski definition) is 0. The van der Waals surface area contributed by atoms with E-state index in [-0.39, 0.29) is 0 Å². The van der Waals surface area contributed by atoms with Crippen LogP contribution in [-0.2, 0) is 0 Å². The standard InChI is InChI=1S/C72H49N3Si/c1-4-22-50(23-5-1)51-24-20-30-57(46-51)76(55-26-6-2-7-27-55,56-28-8-3-9-29-56)58-31-21-25-53(48-58)74-67-38-16-11-35-62(67)64-44-43-54(49-72(64)74)73-68-39-17-14-36-63(68)65-47-52(42-45-71(65)73)59-32-10-15-37-66(59)75-69-40-18-12-33-60(69)61-34-13-19-41-70(61)75/h1-49H/i1D,2D,3D,4D,5D,6D,7D,8D,9D,10D,11D,12D,13D,14D,15D,16D,17D,18D,19D,20D,21D,22D,23D,24D,25D,26D,27D,28D,29D,30D,31D,32D,33D,34D,35D,36D,37D,38D,39D,40D,41D,43D,44D,45D,46D,47D,48D,49D. The van der Waals surface area contributed by atoms with Gasteiger partial charge in [0.1, 0.15) is 0 Å². The van der Waals surface area contributed by atoms with Crippen LogP contribution in [0.4, 0.5) is 0 Å². The summed E-state index contributed by atoms with van der Waals surface area (Å²) in [6.45, 7) is 0. The Labute approximate surface area is 509 Å². The van der Waals surface area contributed by atoms with E-state index < -0.39 is 424 Å². The topological polar surface area (TPSA) is 14.8 Å². The summed E-state index contributed by atoms with van der Waals surface area (Å²) < 4.78 is 458. The van der Waals surface area contributed by atoms with E-state index in [0.717, 1.165) is 0 Å². The SMILES string of the molecule is [2H]c1c([2H])c([2H])c(-c2c([2H])c([2H])c([2H])c([Si](c3c([2H])c([2H])c([2H])c([2H])c3[2H])(c3c([2H])c([2H])c([2H])c([2H])c3[2H])c3c([2H])c([2H])c([2H])c(-n4c5c([2H])c([2H])c([2H])c([2H])c5c5c([2H])c([2H])c(-n6c7c([2H])cc(-c8c([2H])c([2H])c([2H])c([2H])c8-n8c9c([2H])c([2H])c([2H])c([2H])c9c9c([2H])c([2H])c([2H])c([2H])c98)c([2H])c7c7c([2H])c([2H])c([2H])c([2H])c76)c([2H])c54)c3[2H])c2[2H])c([2H])c1[2H]. The maximum Gasteiger partial charge on any atom is 0.179 e. The van der Waals surface area contributed by atoms with Gasteiger partial charge in [-0.15, -0.1) is 0 Å². The van der Waals surface area contributed by atoms with Crippen LogP contribution in [0.3, 0.4) is 0 Å². The van der Waals surface area contributed by atoms with Gasteiger partial charge in [0.2, 0.25) is 0 Å². The molecule has 0 unspecified atom stereocenters. The van der Waals surface area contributed by atoms with Gasteiger partial charge in [0.05, 0.1) is 105 Å². The fraction of sp³-hybridized carbons (Fsp3) is 0. The van der Waals surface area contributed by atoms with Crippen molar-refractivity contribution in [3.8, 4) is 39.3 Å². The first-order valence-corrected chi connectivity index (χ1v) is 24.3. The highest BCUT2D eigenvalue weighted by atomic mass is 28.3. The Morgan fingerprint density at radius 1 is 0.250 bits per heavy atom. The summed E-state index contributed by atoms with van der Waals surface area (Å²) in [6.07, 6.45) is 0. The smallest absolute Gasteiger partial charge is 0.179 e. The minimum atomic E-state index is -7.09. The quantitative estimate of drug-likeness (QED) is 0.101. The molecular formula is C72H49N3Si. The monoisotopic (exact) mass is 1030 g/mol. The lowest BCUT2D eigenvalue weighted by atomic mass is 10.0. The second kappa shape index (κ2) is 17.7. The lowest BCUT2D eigenvalue weighted by molar-refractivity contribution is 1.16. The summed E-state index contributed by atoms with van der Waals surface area (Å²) in [5, 5.41) is -10.7. The lowest BCUT2D eigenvalue weighted by Crippen LogP contribution is -2.74. The van der Waals surface area contributed by atoms with E-state index in [0.29, 0.717) is 19.8 Å². The molecule has 0 aliphatic carbocycles. The molecule has 12 aromatic carbocycles. The lowest BCUT2D eigenvalue weighted by Gasteiger charge is -2.35. The first-order chi connectivity index (χ1) is 57.7. The number of benzene rings is 12. The van der Waals surface area contributed by atoms with E-state index in [9.17, 15) is 41.1 Å². The molecule has 0 saturated carbocycles. The van der Waals surface area contributed by atoms with E-state index in [1.807, 2.05) is 0 Å². The highest BCUT2D eigenvalue weighted by molar-refractivity contribution is 7.20. The minimum absolute atomic E-state index is 0.378. The summed E-state index contributed by atoms with van der Waals surface area (Å²) in [4.78, 5) is 0. The van der Waals surface area contributed by atoms with E-state index in [2.05, 4.69) is 0 Å². The van der Waals surface area contributed by atoms with Crippen molar-refractivity contribution >= 4 is 94.2 Å². The van der Waals surface area contributed by atoms with Gasteiger partial charge in [-0.1, -0.05) is 230 Å². The van der Waals surface area contributed by atoms with E-state index in [4.69, 9.17) is 24.7 Å². The number of rotatable bonds is 9. The summed E-state index contributed by atoms with van der Waals surface area (Å²) in [7, 11) is -7.09. The Kier molecular flexibility index (Phi) is 4.00. The molecule has 3 heterocycles. The Hall–Kier alpha value is -9.74. The molecule has 356 valence electrons. The number of hydrogen-bond acceptors (Lipinski definition) is 0. The van der Waals surface area contributed by atoms with Crippen molar-refractivity contribution in [1.29, 1.82) is 0 Å². The van der Waals surface area contributed by atoms with Crippen LogP contribution in [0.15, 0.2) is 296 Å². The number of nitrogens with zero attached hydrogens (tertiary/aromatic N) is 3. The molecule has 76 heavy (non-hydrogen) atoms. The van der Waals surface area contributed by atoms with Crippen LogP contribution in [0.25, 0.3) is 105 Å². The molecular weight excluding hydrogens is 935 g/mol. The Morgan fingerprint density at radius 2 is 0.684 bits per heavy atom. The zero-order chi connectivity index (χ0) is 91.9. The molecule has 3 nitrogen and oxygen atoms in total. The van der Waals surface area contributed by atoms with Gasteiger partial charge in [-0.05, 0) is 104 Å². The Morgan fingerprint density at radius 3 is 1.32 bits per heavy atom. The third kappa shape index (κ3) is 6.74. The summed E-state index contributed by atoms with van der Waals surface area (Å²) >= 11 is 0. The van der Waals surface area contributed by atoms with Gasteiger partial charge in [0.15, 0.2) is 8.07 Å². The molecule has 0 bridgehead atoms. The second-order valence-corrected chi connectivity index (χ2v) is 19.8. The normalized spacial score (nSPS) is 20.8. The summed E-state index contributed by atoms with van der Waals surface area (Å²) in [6, 6.07) is -59.6. The Balaban J connectivity index is 1.18. The van der Waals surface area contributed by atoms with Gasteiger partial charge in [-0.3, -0.25) is 0 Å². The molecule has 3 aromatic heterocycles. The minimum Gasteiger partial charge on any atom is -0.309 e. The molecule has 0 atom stereocenters. The second-order valence-electron chi connectivity index (χ2n) is 16.3. The van der Waals surface area contributed by atoms with Gasteiger partial charge in [0, 0.05) is 49.3 Å². The first kappa shape index (κ1) is 17.2. The molecule has 0 amide bonds. The van der Waals surface area contributed by atoms with Crippen LogP contribution in [0.1, 0.15) is 65.8 Å². The van der Waals surface area contributed by atoms with Crippen LogP contribution < -0.4 is 20.7 Å². The van der Waals surface area contributed by atoms with Gasteiger partial charge in [-0.25, -0.2) is 0 Å². The third-order valence-electron chi connectivity index (χ3n) is 12.5. The molecule has 0 aliphatic heterocycles. The fourth-order valence-corrected chi connectivity index (χ4v) is 13.0. The van der Waals surface area contributed by atoms with E-state index >= 15 is 0 Å². The van der Waals surface area contributed by atoms with Crippen molar-refractivity contribution in [3.05, 3.63) is 296 Å². The van der Waals surface area contributed by atoms with Crippen LogP contribution in [0.2, 0.25) is 0 Å². The zero-order valence-corrected chi connectivity index (χ0v) is 38.9. The predicted molar refractivity (Wildman–Crippen MR) is 324 cm³/mol. The summed E-state index contributed by atoms with van der Waals surface area (Å²) in [5.41, 5.74) is -13.2. The molecule has 15 aromatic rings.